The summed E-state index contributed by atoms with van der Waals surface area (Å²) >= 11 is 0. The molecule has 6 heteroatoms. The maximum absolute atomic E-state index is 11.3. The van der Waals surface area contributed by atoms with E-state index in [1.165, 1.54) is 11.2 Å². The number of sulfonamides is 1. The molecule has 68 valence electrons. The maximum Gasteiger partial charge on any atom is 0.230 e. The van der Waals surface area contributed by atoms with Crippen molar-refractivity contribution in [1.29, 1.82) is 5.26 Å². The molecule has 0 amide bonds. The highest BCUT2D eigenvalue weighted by molar-refractivity contribution is 7.90. The molecular formula is C6H11N3O2S. The van der Waals surface area contributed by atoms with Gasteiger partial charge < -0.3 is 5.73 Å². The molecular weight excluding hydrogens is 178 g/mol. The van der Waals surface area contributed by atoms with Gasteiger partial charge in [0, 0.05) is 19.1 Å². The zero-order valence-electron chi connectivity index (χ0n) is 6.77. The van der Waals surface area contributed by atoms with Gasteiger partial charge in [-0.2, -0.15) is 9.57 Å². The van der Waals surface area contributed by atoms with Crippen LogP contribution in [0.25, 0.3) is 0 Å². The Hall–Kier alpha value is -0.640. The van der Waals surface area contributed by atoms with Gasteiger partial charge in [0.25, 0.3) is 0 Å². The minimum Gasteiger partial charge on any atom is -0.325 e. The van der Waals surface area contributed by atoms with Crippen molar-refractivity contribution in [3.8, 4) is 6.07 Å². The molecule has 2 N–H and O–H groups in total. The molecule has 1 saturated heterocycles. The van der Waals surface area contributed by atoms with Crippen molar-refractivity contribution < 1.29 is 8.42 Å². The first-order chi connectivity index (χ1) is 5.48. The largest absolute Gasteiger partial charge is 0.325 e. The van der Waals surface area contributed by atoms with E-state index in [4.69, 9.17) is 11.0 Å². The first-order valence-corrected chi connectivity index (χ1v) is 5.13. The Labute approximate surface area is 71.8 Å². The molecule has 12 heavy (non-hydrogen) atoms. The molecule has 1 heterocycles. The average Bonchev–Trinajstić information content (AvgIpc) is 1.96. The molecule has 1 aliphatic heterocycles. The van der Waals surface area contributed by atoms with Crippen molar-refractivity contribution in [1.82, 2.24) is 4.31 Å². The van der Waals surface area contributed by atoms with E-state index in [1.54, 1.807) is 6.07 Å². The van der Waals surface area contributed by atoms with Crippen molar-refractivity contribution in [2.45, 2.75) is 18.2 Å². The number of hydrogen-bond donors (Lipinski definition) is 1. The molecule has 1 aliphatic rings. The van der Waals surface area contributed by atoms with Gasteiger partial charge in [0.05, 0.1) is 6.07 Å². The van der Waals surface area contributed by atoms with Crippen LogP contribution in [-0.4, -0.2) is 37.1 Å². The summed E-state index contributed by atoms with van der Waals surface area (Å²) in [6.07, 6.45) is 0. The summed E-state index contributed by atoms with van der Waals surface area (Å²) in [7, 11) is -3.39. The minimum absolute atomic E-state index is 0.0642. The van der Waals surface area contributed by atoms with Gasteiger partial charge in [0.2, 0.25) is 10.0 Å². The van der Waals surface area contributed by atoms with Gasteiger partial charge in [-0.05, 0) is 6.92 Å². The fourth-order valence-electron chi connectivity index (χ4n) is 0.968. The van der Waals surface area contributed by atoms with Crippen LogP contribution in [0.2, 0.25) is 0 Å². The van der Waals surface area contributed by atoms with E-state index in [9.17, 15) is 8.42 Å². The van der Waals surface area contributed by atoms with Crippen LogP contribution in [0.1, 0.15) is 6.92 Å². The first kappa shape index (κ1) is 9.45. The molecule has 5 nitrogen and oxygen atoms in total. The lowest BCUT2D eigenvalue weighted by atomic mass is 10.2. The van der Waals surface area contributed by atoms with Gasteiger partial charge in [0.15, 0.2) is 5.25 Å². The molecule has 1 rings (SSSR count). The van der Waals surface area contributed by atoms with Crippen LogP contribution < -0.4 is 5.73 Å². The second-order valence-corrected chi connectivity index (χ2v) is 5.15. The SMILES string of the molecule is CC(C#N)S(=O)(=O)N1CC(N)C1. The van der Waals surface area contributed by atoms with Crippen LogP contribution in [0.5, 0.6) is 0 Å². The molecule has 0 aromatic heterocycles. The summed E-state index contributed by atoms with van der Waals surface area (Å²) in [5, 5.41) is 7.45. The maximum atomic E-state index is 11.3. The number of rotatable bonds is 2. The summed E-state index contributed by atoms with van der Waals surface area (Å²) in [6.45, 7) is 2.06. The third kappa shape index (κ3) is 1.43. The van der Waals surface area contributed by atoms with Crippen LogP contribution in [0.3, 0.4) is 0 Å². The predicted molar refractivity (Wildman–Crippen MR) is 43.5 cm³/mol. The number of hydrogen-bond acceptors (Lipinski definition) is 4. The minimum atomic E-state index is -3.39. The summed E-state index contributed by atoms with van der Waals surface area (Å²) < 4.78 is 23.9. The van der Waals surface area contributed by atoms with E-state index in [0.717, 1.165) is 0 Å². The standard InChI is InChI=1S/C6H11N3O2S/c1-5(2-7)12(10,11)9-3-6(8)4-9/h5-6H,3-4,8H2,1H3. The lowest BCUT2D eigenvalue weighted by molar-refractivity contribution is 0.264. The number of nitrogens with zero attached hydrogens (tertiary/aromatic N) is 2. The molecule has 1 atom stereocenters. The third-order valence-corrected chi connectivity index (χ3v) is 3.88. The fourth-order valence-corrected chi connectivity index (χ4v) is 2.35. The topological polar surface area (TPSA) is 87.2 Å². The first-order valence-electron chi connectivity index (χ1n) is 3.62. The molecule has 0 aromatic rings. The lowest BCUT2D eigenvalue weighted by Gasteiger charge is -2.36. The Morgan fingerprint density at radius 1 is 1.67 bits per heavy atom. The summed E-state index contributed by atoms with van der Waals surface area (Å²) in [6, 6.07) is 1.63. The Balaban J connectivity index is 2.69. The predicted octanol–water partition coefficient (Wildman–Crippen LogP) is -1.13. The van der Waals surface area contributed by atoms with E-state index < -0.39 is 15.3 Å². The van der Waals surface area contributed by atoms with Gasteiger partial charge in [-0.3, -0.25) is 0 Å². The van der Waals surface area contributed by atoms with Crippen LogP contribution in [0, 0.1) is 11.3 Å². The fraction of sp³-hybridized carbons (Fsp3) is 0.833. The smallest absolute Gasteiger partial charge is 0.230 e. The second kappa shape index (κ2) is 3.01. The van der Waals surface area contributed by atoms with E-state index in [-0.39, 0.29) is 6.04 Å². The van der Waals surface area contributed by atoms with Crippen molar-refractivity contribution in [2.75, 3.05) is 13.1 Å². The number of nitriles is 1. The third-order valence-electron chi connectivity index (χ3n) is 1.86. The highest BCUT2D eigenvalue weighted by Crippen LogP contribution is 2.15. The van der Waals surface area contributed by atoms with E-state index in [1.807, 2.05) is 0 Å². The summed E-state index contributed by atoms with van der Waals surface area (Å²) in [5.41, 5.74) is 5.42. The monoisotopic (exact) mass is 189 g/mol. The molecule has 0 saturated carbocycles. The number of nitrogens with two attached hydrogens (primary N) is 1. The molecule has 0 aromatic carbocycles. The van der Waals surface area contributed by atoms with E-state index in [0.29, 0.717) is 13.1 Å². The van der Waals surface area contributed by atoms with E-state index in [2.05, 4.69) is 0 Å². The Morgan fingerprint density at radius 3 is 2.50 bits per heavy atom. The zero-order valence-corrected chi connectivity index (χ0v) is 7.58. The average molecular weight is 189 g/mol. The van der Waals surface area contributed by atoms with Gasteiger partial charge in [-0.15, -0.1) is 0 Å². The van der Waals surface area contributed by atoms with Gasteiger partial charge in [0.1, 0.15) is 0 Å². The summed E-state index contributed by atoms with van der Waals surface area (Å²) in [4.78, 5) is 0. The normalized spacial score (nSPS) is 22.8. The van der Waals surface area contributed by atoms with Gasteiger partial charge >= 0.3 is 0 Å². The molecule has 0 aliphatic carbocycles. The van der Waals surface area contributed by atoms with Crippen molar-refractivity contribution >= 4 is 10.0 Å². The molecule has 1 fully saturated rings. The van der Waals surface area contributed by atoms with Crippen LogP contribution in [0.15, 0.2) is 0 Å². The Kier molecular flexibility index (Phi) is 2.37. The highest BCUT2D eigenvalue weighted by atomic mass is 32.2. The summed E-state index contributed by atoms with van der Waals surface area (Å²) in [5.74, 6) is 0. The van der Waals surface area contributed by atoms with Crippen molar-refractivity contribution in [3.63, 3.8) is 0 Å². The Morgan fingerprint density at radius 2 is 2.17 bits per heavy atom. The molecule has 0 bridgehead atoms. The lowest BCUT2D eigenvalue weighted by Crippen LogP contribution is -2.59. The molecule has 0 radical (unpaired) electrons. The molecule has 1 unspecified atom stereocenters. The van der Waals surface area contributed by atoms with Crippen LogP contribution in [0.4, 0.5) is 0 Å². The quantitative estimate of drug-likeness (QED) is 0.595. The van der Waals surface area contributed by atoms with Gasteiger partial charge in [-0.25, -0.2) is 8.42 Å². The van der Waals surface area contributed by atoms with Crippen LogP contribution >= 0.6 is 0 Å². The molecule has 0 spiro atoms. The van der Waals surface area contributed by atoms with Crippen molar-refractivity contribution in [3.05, 3.63) is 0 Å². The van der Waals surface area contributed by atoms with Gasteiger partial charge in [-0.1, -0.05) is 0 Å². The Bertz CT molecular complexity index is 299. The highest BCUT2D eigenvalue weighted by Gasteiger charge is 2.36. The van der Waals surface area contributed by atoms with Crippen molar-refractivity contribution in [2.24, 2.45) is 5.73 Å². The second-order valence-electron chi connectivity index (χ2n) is 2.89. The van der Waals surface area contributed by atoms with Crippen LogP contribution in [-0.2, 0) is 10.0 Å². The van der Waals surface area contributed by atoms with E-state index >= 15 is 0 Å². The zero-order chi connectivity index (χ0) is 9.35.